The van der Waals surface area contributed by atoms with Gasteiger partial charge in [-0.3, -0.25) is 19.5 Å². The Labute approximate surface area is 199 Å². The second-order valence-electron chi connectivity index (χ2n) is 7.08. The van der Waals surface area contributed by atoms with Crippen LogP contribution in [0.2, 0.25) is 0 Å². The van der Waals surface area contributed by atoms with Crippen molar-refractivity contribution in [1.82, 2.24) is 14.8 Å². The molecule has 1 N–H and O–H groups in total. The minimum absolute atomic E-state index is 0.0379. The summed E-state index contributed by atoms with van der Waals surface area (Å²) >= 11 is 1.23. The molecule has 3 aromatic carbocycles. The summed E-state index contributed by atoms with van der Waals surface area (Å²) in [6, 6.07) is 22.8. The summed E-state index contributed by atoms with van der Waals surface area (Å²) in [7, 11) is 0. The van der Waals surface area contributed by atoms with E-state index in [0.29, 0.717) is 28.8 Å². The highest BCUT2D eigenvalue weighted by Gasteiger charge is 2.19. The molecule has 1 aromatic heterocycles. The smallest absolute Gasteiger partial charge is 0.270 e. The van der Waals surface area contributed by atoms with Crippen molar-refractivity contribution >= 4 is 29.0 Å². The number of nitro benzene ring substituents is 1. The van der Waals surface area contributed by atoms with E-state index in [1.807, 2.05) is 37.3 Å². The number of hydrogen-bond donors (Lipinski definition) is 1. The highest BCUT2D eigenvalue weighted by molar-refractivity contribution is 7.99. The quantitative estimate of drug-likeness (QED) is 0.207. The molecule has 4 aromatic rings. The lowest BCUT2D eigenvalue weighted by Crippen LogP contribution is -2.14. The SMILES string of the molecule is CCOc1ccc(NC(=O)CSc2nnc(-c3cccc([N+](=O)[O-])c3)n2-c2ccccc2)cc1. The van der Waals surface area contributed by atoms with E-state index in [1.165, 1.54) is 23.9 Å². The molecule has 172 valence electrons. The molecule has 0 atom stereocenters. The van der Waals surface area contributed by atoms with Crippen LogP contribution < -0.4 is 10.1 Å². The van der Waals surface area contributed by atoms with E-state index in [1.54, 1.807) is 41.0 Å². The molecule has 0 saturated heterocycles. The van der Waals surface area contributed by atoms with Crippen molar-refractivity contribution in [1.29, 1.82) is 0 Å². The molecule has 0 aliphatic rings. The number of para-hydroxylation sites is 1. The number of nitrogens with one attached hydrogen (secondary N) is 1. The molecule has 10 heteroatoms. The number of carbonyl (C=O) groups excluding carboxylic acids is 1. The van der Waals surface area contributed by atoms with Crippen LogP contribution in [0.4, 0.5) is 11.4 Å². The first-order valence-corrected chi connectivity index (χ1v) is 11.4. The van der Waals surface area contributed by atoms with Crippen LogP contribution in [0.3, 0.4) is 0 Å². The van der Waals surface area contributed by atoms with Gasteiger partial charge < -0.3 is 10.1 Å². The van der Waals surface area contributed by atoms with E-state index in [2.05, 4.69) is 15.5 Å². The molecule has 0 aliphatic carbocycles. The second-order valence-corrected chi connectivity index (χ2v) is 8.02. The topological polar surface area (TPSA) is 112 Å². The number of benzene rings is 3. The number of thioether (sulfide) groups is 1. The van der Waals surface area contributed by atoms with Crippen molar-refractivity contribution in [3.05, 3.63) is 89.0 Å². The highest BCUT2D eigenvalue weighted by atomic mass is 32.2. The summed E-state index contributed by atoms with van der Waals surface area (Å²) < 4.78 is 7.20. The number of hydrogen-bond acceptors (Lipinski definition) is 7. The number of anilines is 1. The van der Waals surface area contributed by atoms with Gasteiger partial charge in [-0.25, -0.2) is 0 Å². The van der Waals surface area contributed by atoms with E-state index in [9.17, 15) is 14.9 Å². The second kappa shape index (κ2) is 10.6. The maximum atomic E-state index is 12.5. The average molecular weight is 476 g/mol. The fourth-order valence-electron chi connectivity index (χ4n) is 3.25. The molecular formula is C24H21N5O4S. The number of nitrogens with zero attached hydrogens (tertiary/aromatic N) is 4. The van der Waals surface area contributed by atoms with E-state index in [-0.39, 0.29) is 17.3 Å². The predicted octanol–water partition coefficient (Wildman–Crippen LogP) is 4.97. The summed E-state index contributed by atoms with van der Waals surface area (Å²) in [6.07, 6.45) is 0. The van der Waals surface area contributed by atoms with E-state index >= 15 is 0 Å². The maximum Gasteiger partial charge on any atom is 0.270 e. The van der Waals surface area contributed by atoms with Gasteiger partial charge >= 0.3 is 0 Å². The van der Waals surface area contributed by atoms with Crippen molar-refractivity contribution in [2.75, 3.05) is 17.7 Å². The van der Waals surface area contributed by atoms with Crippen LogP contribution in [-0.4, -0.2) is 38.0 Å². The Morgan fingerprint density at radius 2 is 1.82 bits per heavy atom. The maximum absolute atomic E-state index is 12.5. The number of amides is 1. The molecular weight excluding hydrogens is 454 g/mol. The summed E-state index contributed by atoms with van der Waals surface area (Å²) in [6.45, 7) is 2.48. The van der Waals surface area contributed by atoms with Crippen LogP contribution in [0, 0.1) is 10.1 Å². The largest absolute Gasteiger partial charge is 0.494 e. The van der Waals surface area contributed by atoms with E-state index in [0.717, 1.165) is 11.4 Å². The fourth-order valence-corrected chi connectivity index (χ4v) is 4.00. The first-order chi connectivity index (χ1) is 16.5. The van der Waals surface area contributed by atoms with Crippen LogP contribution >= 0.6 is 11.8 Å². The minimum atomic E-state index is -0.451. The van der Waals surface area contributed by atoms with Gasteiger partial charge in [0, 0.05) is 29.1 Å². The molecule has 9 nitrogen and oxygen atoms in total. The van der Waals surface area contributed by atoms with Gasteiger partial charge in [-0.05, 0) is 43.3 Å². The zero-order chi connectivity index (χ0) is 23.9. The number of nitro groups is 1. The van der Waals surface area contributed by atoms with Crippen molar-refractivity contribution in [3.8, 4) is 22.8 Å². The molecule has 0 saturated carbocycles. The van der Waals surface area contributed by atoms with Gasteiger partial charge in [0.15, 0.2) is 11.0 Å². The zero-order valence-corrected chi connectivity index (χ0v) is 19.1. The molecule has 0 radical (unpaired) electrons. The molecule has 0 aliphatic heterocycles. The van der Waals surface area contributed by atoms with Crippen molar-refractivity contribution in [2.24, 2.45) is 0 Å². The van der Waals surface area contributed by atoms with Gasteiger partial charge in [0.2, 0.25) is 5.91 Å². The first-order valence-electron chi connectivity index (χ1n) is 10.5. The Hall–Kier alpha value is -4.18. The van der Waals surface area contributed by atoms with Crippen LogP contribution in [0.5, 0.6) is 5.75 Å². The van der Waals surface area contributed by atoms with Gasteiger partial charge in [-0.15, -0.1) is 10.2 Å². The Bertz CT molecular complexity index is 1290. The molecule has 4 rings (SSSR count). The van der Waals surface area contributed by atoms with Crippen LogP contribution in [0.15, 0.2) is 84.0 Å². The third kappa shape index (κ3) is 5.41. The molecule has 34 heavy (non-hydrogen) atoms. The number of aromatic nitrogens is 3. The lowest BCUT2D eigenvalue weighted by Gasteiger charge is -2.10. The van der Waals surface area contributed by atoms with Crippen molar-refractivity contribution in [3.63, 3.8) is 0 Å². The Morgan fingerprint density at radius 3 is 2.53 bits per heavy atom. The molecule has 1 amide bonds. The number of non-ortho nitro benzene ring substituents is 1. The normalized spacial score (nSPS) is 10.6. The van der Waals surface area contributed by atoms with E-state index in [4.69, 9.17) is 4.74 Å². The Balaban J connectivity index is 1.55. The van der Waals surface area contributed by atoms with Gasteiger partial charge in [-0.2, -0.15) is 0 Å². The van der Waals surface area contributed by atoms with E-state index < -0.39 is 4.92 Å². The highest BCUT2D eigenvalue weighted by Crippen LogP contribution is 2.29. The molecule has 0 unspecified atom stereocenters. The minimum Gasteiger partial charge on any atom is -0.494 e. The average Bonchev–Trinajstić information content (AvgIpc) is 3.29. The van der Waals surface area contributed by atoms with Gasteiger partial charge in [-0.1, -0.05) is 42.1 Å². The lowest BCUT2D eigenvalue weighted by molar-refractivity contribution is -0.384. The Kier molecular flexibility index (Phi) is 7.19. The molecule has 1 heterocycles. The summed E-state index contributed by atoms with van der Waals surface area (Å²) in [5, 5.41) is 23.1. The summed E-state index contributed by atoms with van der Waals surface area (Å²) in [4.78, 5) is 23.3. The Morgan fingerprint density at radius 1 is 1.06 bits per heavy atom. The van der Waals surface area contributed by atoms with Crippen molar-refractivity contribution < 1.29 is 14.5 Å². The fraction of sp³-hybridized carbons (Fsp3) is 0.125. The van der Waals surface area contributed by atoms with Gasteiger partial charge in [0.25, 0.3) is 5.69 Å². The van der Waals surface area contributed by atoms with Gasteiger partial charge in [0.05, 0.1) is 17.3 Å². The molecule has 0 fully saturated rings. The molecule has 0 bridgehead atoms. The summed E-state index contributed by atoms with van der Waals surface area (Å²) in [5.74, 6) is 1.09. The monoisotopic (exact) mass is 475 g/mol. The van der Waals surface area contributed by atoms with Gasteiger partial charge in [0.1, 0.15) is 5.75 Å². The third-order valence-electron chi connectivity index (χ3n) is 4.74. The zero-order valence-electron chi connectivity index (χ0n) is 18.2. The third-order valence-corrected chi connectivity index (χ3v) is 5.67. The number of rotatable bonds is 9. The predicted molar refractivity (Wildman–Crippen MR) is 130 cm³/mol. The molecule has 0 spiro atoms. The van der Waals surface area contributed by atoms with Crippen LogP contribution in [0.25, 0.3) is 17.1 Å². The lowest BCUT2D eigenvalue weighted by atomic mass is 10.2. The van der Waals surface area contributed by atoms with Crippen molar-refractivity contribution in [2.45, 2.75) is 12.1 Å². The standard InChI is InChI=1S/C24H21N5O4S/c1-2-33-21-13-11-18(12-14-21)25-22(30)16-34-24-27-26-23(28(24)19-8-4-3-5-9-19)17-7-6-10-20(15-17)29(31)32/h3-15H,2,16H2,1H3,(H,25,30). The van der Waals surface area contributed by atoms with Crippen LogP contribution in [-0.2, 0) is 4.79 Å². The summed E-state index contributed by atoms with van der Waals surface area (Å²) in [5.41, 5.74) is 1.96. The van der Waals surface area contributed by atoms with Crippen LogP contribution in [0.1, 0.15) is 6.92 Å². The number of carbonyl (C=O) groups is 1. The first kappa shape index (κ1) is 23.0. The number of ether oxygens (including phenoxy) is 1.